The van der Waals surface area contributed by atoms with Gasteiger partial charge in [0.2, 0.25) is 0 Å². The van der Waals surface area contributed by atoms with Gasteiger partial charge in [0.25, 0.3) is 0 Å². The van der Waals surface area contributed by atoms with E-state index in [2.05, 4.69) is 28.8 Å². The molecule has 0 aliphatic carbocycles. The number of pyridine rings is 1. The predicted molar refractivity (Wildman–Crippen MR) is 149 cm³/mol. The molecule has 0 radical (unpaired) electrons. The average Bonchev–Trinajstić information content (AvgIpc) is 2.93. The molecule has 40 heavy (non-hydrogen) atoms. The normalized spacial score (nSPS) is 11.8. The summed E-state index contributed by atoms with van der Waals surface area (Å²) >= 11 is 0. The molecule has 0 N–H and O–H groups in total. The van der Waals surface area contributed by atoms with Crippen molar-refractivity contribution in [2.45, 2.75) is 70.9 Å². The Morgan fingerprint density at radius 1 is 0.725 bits per heavy atom. The molecule has 0 saturated carbocycles. The topological polar surface area (TPSA) is 22.1 Å². The summed E-state index contributed by atoms with van der Waals surface area (Å²) in [5.41, 5.74) is 4.46. The second-order valence-corrected chi connectivity index (χ2v) is 10.2. The van der Waals surface area contributed by atoms with E-state index in [0.29, 0.717) is 29.4 Å². The molecule has 0 aliphatic heterocycles. The monoisotopic (exact) mass is 555 g/mol. The zero-order valence-electron chi connectivity index (χ0n) is 22.7. The first-order valence-electron chi connectivity index (χ1n) is 13.8. The summed E-state index contributed by atoms with van der Waals surface area (Å²) in [7, 11) is 0. The van der Waals surface area contributed by atoms with Crippen molar-refractivity contribution < 1.29 is 26.7 Å². The number of rotatable bonds is 13. The van der Waals surface area contributed by atoms with E-state index in [1.165, 1.54) is 43.4 Å². The van der Waals surface area contributed by atoms with Crippen LogP contribution in [0.2, 0.25) is 0 Å². The number of hydrogen-bond donors (Lipinski definition) is 0. The number of nitrogens with zero attached hydrogens (tertiary/aromatic N) is 1. The van der Waals surface area contributed by atoms with E-state index in [-0.39, 0.29) is 5.82 Å². The van der Waals surface area contributed by atoms with Crippen LogP contribution in [0.15, 0.2) is 66.9 Å². The second kappa shape index (κ2) is 13.7. The van der Waals surface area contributed by atoms with Crippen LogP contribution in [0.25, 0.3) is 10.8 Å². The number of halogens is 5. The van der Waals surface area contributed by atoms with Crippen LogP contribution >= 0.6 is 0 Å². The fraction of sp³-hybridized carbons (Fsp3) is 0.364. The van der Waals surface area contributed by atoms with Gasteiger partial charge in [-0.3, -0.25) is 4.98 Å². The zero-order chi connectivity index (χ0) is 28.5. The maximum atomic E-state index is 15.3. The first-order chi connectivity index (χ1) is 19.2. The Kier molecular flexibility index (Phi) is 10.1. The molecule has 0 saturated heterocycles. The van der Waals surface area contributed by atoms with E-state index in [9.17, 15) is 17.6 Å². The number of aromatic nitrogens is 1. The maximum Gasteiger partial charge on any atom is 0.422 e. The Morgan fingerprint density at radius 3 is 2.20 bits per heavy atom. The third-order valence-electron chi connectivity index (χ3n) is 7.04. The number of fused-ring (bicyclic) bond motifs is 1. The van der Waals surface area contributed by atoms with Crippen molar-refractivity contribution in [1.82, 2.24) is 4.98 Å². The molecule has 0 atom stereocenters. The predicted octanol–water partition coefficient (Wildman–Crippen LogP) is 9.15. The van der Waals surface area contributed by atoms with Gasteiger partial charge >= 0.3 is 6.18 Å². The third-order valence-corrected chi connectivity index (χ3v) is 7.04. The van der Waals surface area contributed by atoms with Crippen LogP contribution < -0.4 is 4.74 Å². The lowest BCUT2D eigenvalue weighted by Gasteiger charge is -2.11. The van der Waals surface area contributed by atoms with Crippen LogP contribution in [0.1, 0.15) is 60.6 Å². The van der Waals surface area contributed by atoms with Crippen molar-refractivity contribution in [2.24, 2.45) is 0 Å². The smallest absolute Gasteiger partial charge is 0.422 e. The van der Waals surface area contributed by atoms with Gasteiger partial charge in [0.05, 0.1) is 0 Å². The van der Waals surface area contributed by atoms with E-state index >= 15 is 4.39 Å². The lowest BCUT2D eigenvalue weighted by atomic mass is 9.97. The largest absolute Gasteiger partial charge is 0.481 e. The lowest BCUT2D eigenvalue weighted by Crippen LogP contribution is -2.19. The first kappa shape index (κ1) is 29.5. The first-order valence-corrected chi connectivity index (χ1v) is 13.8. The Morgan fingerprint density at radius 2 is 1.48 bits per heavy atom. The van der Waals surface area contributed by atoms with Crippen LogP contribution in [-0.4, -0.2) is 17.8 Å². The fourth-order valence-electron chi connectivity index (χ4n) is 4.77. The summed E-state index contributed by atoms with van der Waals surface area (Å²) in [5, 5.41) is 1.33. The Hall–Kier alpha value is -3.48. The van der Waals surface area contributed by atoms with Crippen LogP contribution in [0.5, 0.6) is 5.75 Å². The molecule has 2 nitrogen and oxygen atoms in total. The van der Waals surface area contributed by atoms with Crippen LogP contribution in [0.3, 0.4) is 0 Å². The molecule has 0 unspecified atom stereocenters. The molecule has 7 heteroatoms. The van der Waals surface area contributed by atoms with Gasteiger partial charge in [-0.25, -0.2) is 8.78 Å². The number of ether oxygens (including phenoxy) is 1. The van der Waals surface area contributed by atoms with Crippen LogP contribution in [0, 0.1) is 11.6 Å². The van der Waals surface area contributed by atoms with Gasteiger partial charge in [-0.2, -0.15) is 13.2 Å². The molecule has 0 fully saturated rings. The molecule has 0 spiro atoms. The second-order valence-electron chi connectivity index (χ2n) is 10.2. The molecular weight excluding hydrogens is 521 g/mol. The minimum atomic E-state index is -4.55. The van der Waals surface area contributed by atoms with Crippen LogP contribution in [-0.2, 0) is 32.1 Å². The van der Waals surface area contributed by atoms with E-state index in [4.69, 9.17) is 0 Å². The van der Waals surface area contributed by atoms with Crippen LogP contribution in [0.4, 0.5) is 22.0 Å². The zero-order valence-corrected chi connectivity index (χ0v) is 22.7. The molecule has 4 aromatic rings. The van der Waals surface area contributed by atoms with Gasteiger partial charge in [0.1, 0.15) is 5.82 Å². The minimum absolute atomic E-state index is 0.314. The number of hydrogen-bond acceptors (Lipinski definition) is 2. The van der Waals surface area contributed by atoms with Crippen molar-refractivity contribution in [1.29, 1.82) is 0 Å². The van der Waals surface area contributed by atoms with Gasteiger partial charge in [-0.15, -0.1) is 0 Å². The van der Waals surface area contributed by atoms with Crippen molar-refractivity contribution in [2.75, 3.05) is 6.61 Å². The van der Waals surface area contributed by atoms with Gasteiger partial charge in [0, 0.05) is 17.3 Å². The standard InChI is InChI=1S/C33H34F5NO/c1-2-3-4-5-6-25-9-16-28(39-21-25)15-8-23-10-17-29-27(19-23)14-13-26(32(29)35)12-7-24-11-18-31(30(34)20-24)40-22-33(36,37)38/h9-11,13-14,16-21H,2-8,12,15,22H2,1H3. The fourth-order valence-corrected chi connectivity index (χ4v) is 4.77. The van der Waals surface area contributed by atoms with Crippen molar-refractivity contribution >= 4 is 10.8 Å². The average molecular weight is 556 g/mol. The summed E-state index contributed by atoms with van der Waals surface area (Å²) in [5.74, 6) is -1.65. The molecule has 0 bridgehead atoms. The molecular formula is C33H34F5NO. The third kappa shape index (κ3) is 8.51. The van der Waals surface area contributed by atoms with Gasteiger partial charge in [-0.1, -0.05) is 68.7 Å². The molecule has 0 aliphatic rings. The minimum Gasteiger partial charge on any atom is -0.481 e. The van der Waals surface area contributed by atoms with Gasteiger partial charge in [0.15, 0.2) is 18.2 Å². The molecule has 0 amide bonds. The Bertz CT molecular complexity index is 1400. The highest BCUT2D eigenvalue weighted by Crippen LogP contribution is 2.26. The highest BCUT2D eigenvalue weighted by Gasteiger charge is 2.29. The Labute approximate surface area is 232 Å². The number of aryl methyl sites for hydroxylation is 5. The maximum absolute atomic E-state index is 15.3. The molecule has 212 valence electrons. The van der Waals surface area contributed by atoms with E-state index < -0.39 is 24.3 Å². The van der Waals surface area contributed by atoms with Gasteiger partial charge in [-0.05, 0) is 84.4 Å². The summed E-state index contributed by atoms with van der Waals surface area (Å²) in [6, 6.07) is 17.4. The lowest BCUT2D eigenvalue weighted by molar-refractivity contribution is -0.153. The SMILES string of the molecule is CCCCCCc1ccc(CCc2ccc3c(F)c(CCc4ccc(OCC(F)(F)F)c(F)c4)ccc3c2)nc1. The van der Waals surface area contributed by atoms with Crippen molar-refractivity contribution in [3.8, 4) is 5.75 Å². The van der Waals surface area contributed by atoms with E-state index in [1.807, 2.05) is 24.4 Å². The van der Waals surface area contributed by atoms with Crippen molar-refractivity contribution in [3.63, 3.8) is 0 Å². The van der Waals surface area contributed by atoms with E-state index in [1.54, 1.807) is 12.1 Å². The summed E-state index contributed by atoms with van der Waals surface area (Å²) in [4.78, 5) is 4.62. The molecule has 4 rings (SSSR count). The summed E-state index contributed by atoms with van der Waals surface area (Å²) in [6.07, 6.45) is 5.71. The van der Waals surface area contributed by atoms with E-state index in [0.717, 1.165) is 42.0 Å². The number of unbranched alkanes of at least 4 members (excludes halogenated alkanes) is 3. The quantitative estimate of drug-likeness (QED) is 0.121. The highest BCUT2D eigenvalue weighted by atomic mass is 19.4. The molecule has 3 aromatic carbocycles. The number of benzene rings is 3. The molecule has 1 aromatic heterocycles. The van der Waals surface area contributed by atoms with Gasteiger partial charge < -0.3 is 4.74 Å². The Balaban J connectivity index is 1.33. The highest BCUT2D eigenvalue weighted by molar-refractivity contribution is 5.84. The summed E-state index contributed by atoms with van der Waals surface area (Å²) in [6.45, 7) is 0.651. The van der Waals surface area contributed by atoms with Crippen molar-refractivity contribution in [3.05, 3.63) is 106 Å². The number of alkyl halides is 3. The summed E-state index contributed by atoms with van der Waals surface area (Å²) < 4.78 is 70.9. The molecule has 1 heterocycles.